The molecule has 104 valence electrons. The van der Waals surface area contributed by atoms with E-state index in [-0.39, 0.29) is 5.76 Å². The number of nitrogens with one attached hydrogen (secondary N) is 2. The molecule has 0 aliphatic rings. The van der Waals surface area contributed by atoms with Crippen molar-refractivity contribution in [2.75, 3.05) is 11.9 Å². The fraction of sp³-hybridized carbons (Fsp3) is 0.0769. The van der Waals surface area contributed by atoms with Crippen molar-refractivity contribution in [3.05, 3.63) is 52.9 Å². The Morgan fingerprint density at radius 1 is 1.10 bits per heavy atom. The second kappa shape index (κ2) is 6.25. The molecular formula is C13H12BrN3O3. The first-order valence-corrected chi connectivity index (χ1v) is 6.51. The monoisotopic (exact) mass is 337 g/mol. The Balaban J connectivity index is 1.91. The van der Waals surface area contributed by atoms with Crippen LogP contribution in [0.25, 0.3) is 0 Å². The molecule has 2 aromatic rings. The molecule has 1 aromatic heterocycles. The van der Waals surface area contributed by atoms with Gasteiger partial charge in [0.15, 0.2) is 10.4 Å². The minimum Gasteiger partial charge on any atom is -0.444 e. The quantitative estimate of drug-likeness (QED) is 0.827. The number of hydrogen-bond donors (Lipinski definition) is 2. The number of hydrazine groups is 1. The average molecular weight is 338 g/mol. The third kappa shape index (κ3) is 3.39. The predicted octanol–water partition coefficient (Wildman–Crippen LogP) is 2.53. The average Bonchev–Trinajstić information content (AvgIpc) is 2.91. The van der Waals surface area contributed by atoms with Crippen molar-refractivity contribution in [1.82, 2.24) is 10.9 Å². The van der Waals surface area contributed by atoms with Gasteiger partial charge in [0.05, 0.1) is 0 Å². The van der Waals surface area contributed by atoms with Gasteiger partial charge >= 0.3 is 11.9 Å². The van der Waals surface area contributed by atoms with Crippen LogP contribution in [0.4, 0.5) is 10.5 Å². The van der Waals surface area contributed by atoms with Crippen molar-refractivity contribution in [2.45, 2.75) is 0 Å². The van der Waals surface area contributed by atoms with Crippen molar-refractivity contribution in [3.8, 4) is 0 Å². The van der Waals surface area contributed by atoms with Crippen molar-refractivity contribution in [2.24, 2.45) is 0 Å². The van der Waals surface area contributed by atoms with Crippen molar-refractivity contribution >= 4 is 33.6 Å². The van der Waals surface area contributed by atoms with Gasteiger partial charge in [-0.1, -0.05) is 18.2 Å². The van der Waals surface area contributed by atoms with Crippen molar-refractivity contribution in [1.29, 1.82) is 0 Å². The van der Waals surface area contributed by atoms with Crippen LogP contribution in [-0.4, -0.2) is 19.0 Å². The number of hydrogen-bond acceptors (Lipinski definition) is 3. The molecule has 0 fully saturated rings. The van der Waals surface area contributed by atoms with E-state index in [1.165, 1.54) is 11.0 Å². The number of carbonyl (C=O) groups excluding carboxylic acids is 2. The molecule has 0 saturated carbocycles. The first-order chi connectivity index (χ1) is 9.58. The van der Waals surface area contributed by atoms with E-state index in [9.17, 15) is 9.59 Å². The molecule has 20 heavy (non-hydrogen) atoms. The number of rotatable bonds is 2. The normalized spacial score (nSPS) is 9.90. The Hall–Kier alpha value is -2.28. The second-order valence-electron chi connectivity index (χ2n) is 3.88. The summed E-state index contributed by atoms with van der Waals surface area (Å²) in [6.45, 7) is 0. The van der Waals surface area contributed by atoms with Crippen LogP contribution in [0.15, 0.2) is 51.6 Å². The molecule has 1 heterocycles. The minimum absolute atomic E-state index is 0.0968. The predicted molar refractivity (Wildman–Crippen MR) is 77.3 cm³/mol. The zero-order chi connectivity index (χ0) is 14.5. The van der Waals surface area contributed by atoms with Crippen molar-refractivity contribution < 1.29 is 14.0 Å². The molecule has 0 radical (unpaired) electrons. The lowest BCUT2D eigenvalue weighted by molar-refractivity contribution is 0.0908. The van der Waals surface area contributed by atoms with E-state index in [0.717, 1.165) is 0 Å². The molecule has 0 atom stereocenters. The van der Waals surface area contributed by atoms with E-state index in [1.807, 2.05) is 18.2 Å². The largest absolute Gasteiger partial charge is 0.444 e. The molecule has 0 spiro atoms. The van der Waals surface area contributed by atoms with Crippen LogP contribution in [0.2, 0.25) is 0 Å². The molecule has 2 rings (SSSR count). The maximum absolute atomic E-state index is 11.8. The second-order valence-corrected chi connectivity index (χ2v) is 4.66. The number of amides is 3. The van der Waals surface area contributed by atoms with E-state index < -0.39 is 11.9 Å². The minimum atomic E-state index is -0.537. The molecule has 3 amide bonds. The highest BCUT2D eigenvalue weighted by Crippen LogP contribution is 2.13. The van der Waals surface area contributed by atoms with Crippen LogP contribution in [-0.2, 0) is 0 Å². The fourth-order valence-corrected chi connectivity index (χ4v) is 1.77. The van der Waals surface area contributed by atoms with Crippen LogP contribution in [0, 0.1) is 0 Å². The number of benzene rings is 1. The van der Waals surface area contributed by atoms with Crippen molar-refractivity contribution in [3.63, 3.8) is 0 Å². The van der Waals surface area contributed by atoms with Crippen LogP contribution in [0.3, 0.4) is 0 Å². The molecule has 0 unspecified atom stereocenters. The lowest BCUT2D eigenvalue weighted by atomic mass is 10.3. The number of urea groups is 1. The smallest absolute Gasteiger partial charge is 0.340 e. The summed E-state index contributed by atoms with van der Waals surface area (Å²) in [5.41, 5.74) is 5.28. The summed E-state index contributed by atoms with van der Waals surface area (Å²) in [6, 6.07) is 11.7. The molecule has 0 aliphatic heterocycles. The Morgan fingerprint density at radius 2 is 1.80 bits per heavy atom. The van der Waals surface area contributed by atoms with E-state index in [1.54, 1.807) is 25.2 Å². The van der Waals surface area contributed by atoms with Gasteiger partial charge in [-0.25, -0.2) is 10.2 Å². The Bertz CT molecular complexity index is 612. The van der Waals surface area contributed by atoms with E-state index in [0.29, 0.717) is 10.4 Å². The Morgan fingerprint density at radius 3 is 2.40 bits per heavy atom. The van der Waals surface area contributed by atoms with Crippen LogP contribution < -0.4 is 15.8 Å². The summed E-state index contributed by atoms with van der Waals surface area (Å²) in [5, 5.41) is 0. The molecule has 0 bridgehead atoms. The number of carbonyl (C=O) groups is 2. The highest BCUT2D eigenvalue weighted by Gasteiger charge is 2.14. The molecule has 7 heteroatoms. The standard InChI is InChI=1S/C13H12BrN3O3/c1-17(9-5-3-2-4-6-9)13(19)16-15-12(18)10-7-8-11(14)20-10/h2-8H,1H3,(H,15,18)(H,16,19). The zero-order valence-corrected chi connectivity index (χ0v) is 12.2. The van der Waals surface area contributed by atoms with E-state index in [2.05, 4.69) is 26.8 Å². The van der Waals surface area contributed by atoms with E-state index >= 15 is 0 Å². The first-order valence-electron chi connectivity index (χ1n) is 5.72. The van der Waals surface area contributed by atoms with Gasteiger partial charge in [0.2, 0.25) is 0 Å². The van der Waals surface area contributed by atoms with Gasteiger partial charge in [-0.2, -0.15) is 0 Å². The molecule has 0 aliphatic carbocycles. The third-order valence-electron chi connectivity index (χ3n) is 2.53. The van der Waals surface area contributed by atoms with E-state index in [4.69, 9.17) is 4.42 Å². The number of anilines is 1. The number of furan rings is 1. The summed E-state index contributed by atoms with van der Waals surface area (Å²) in [4.78, 5) is 24.9. The summed E-state index contributed by atoms with van der Waals surface area (Å²) in [6.07, 6.45) is 0. The van der Waals surface area contributed by atoms with Gasteiger partial charge in [0, 0.05) is 12.7 Å². The third-order valence-corrected chi connectivity index (χ3v) is 2.95. The highest BCUT2D eigenvalue weighted by atomic mass is 79.9. The lowest BCUT2D eigenvalue weighted by Crippen LogP contribution is -2.47. The number of halogens is 1. The SMILES string of the molecule is CN(C(=O)NNC(=O)c1ccc(Br)o1)c1ccccc1. The Kier molecular flexibility index (Phi) is 4.41. The topological polar surface area (TPSA) is 74.6 Å². The van der Waals surface area contributed by atoms with Gasteiger partial charge in [-0.05, 0) is 40.2 Å². The summed E-state index contributed by atoms with van der Waals surface area (Å²) < 4.78 is 5.50. The summed E-state index contributed by atoms with van der Waals surface area (Å²) >= 11 is 3.09. The Labute approximate surface area is 123 Å². The van der Waals surface area contributed by atoms with Crippen LogP contribution in [0.5, 0.6) is 0 Å². The van der Waals surface area contributed by atoms with Crippen LogP contribution in [0.1, 0.15) is 10.6 Å². The summed E-state index contributed by atoms with van der Waals surface area (Å²) in [5.74, 6) is -0.440. The summed E-state index contributed by atoms with van der Waals surface area (Å²) in [7, 11) is 1.60. The van der Waals surface area contributed by atoms with Gasteiger partial charge in [-0.3, -0.25) is 15.1 Å². The number of para-hydroxylation sites is 1. The molecule has 6 nitrogen and oxygen atoms in total. The van der Waals surface area contributed by atoms with Crippen LogP contribution >= 0.6 is 15.9 Å². The fourth-order valence-electron chi connectivity index (χ4n) is 1.46. The zero-order valence-electron chi connectivity index (χ0n) is 10.6. The molecule has 0 saturated heterocycles. The first kappa shape index (κ1) is 14.1. The van der Waals surface area contributed by atoms with Gasteiger partial charge < -0.3 is 4.42 Å². The number of nitrogens with zero attached hydrogens (tertiary/aromatic N) is 1. The van der Waals surface area contributed by atoms with Gasteiger partial charge in [0.1, 0.15) is 0 Å². The maximum Gasteiger partial charge on any atom is 0.340 e. The highest BCUT2D eigenvalue weighted by molar-refractivity contribution is 9.10. The lowest BCUT2D eigenvalue weighted by Gasteiger charge is -2.17. The molecule has 1 aromatic carbocycles. The van der Waals surface area contributed by atoms with Gasteiger partial charge in [-0.15, -0.1) is 0 Å². The molecular weight excluding hydrogens is 326 g/mol. The molecule has 2 N–H and O–H groups in total. The maximum atomic E-state index is 11.8. The van der Waals surface area contributed by atoms with Gasteiger partial charge in [0.25, 0.3) is 0 Å².